The molecule has 1 atom stereocenters. The first-order chi connectivity index (χ1) is 4.81. The Morgan fingerprint density at radius 1 is 1.40 bits per heavy atom. The van der Waals surface area contributed by atoms with Gasteiger partial charge in [0.1, 0.15) is 0 Å². The van der Waals surface area contributed by atoms with E-state index in [4.69, 9.17) is 0 Å². The molecule has 0 heterocycles. The predicted octanol–water partition coefficient (Wildman–Crippen LogP) is 3.33. The van der Waals surface area contributed by atoms with Crippen molar-refractivity contribution in [1.29, 1.82) is 0 Å². The zero-order valence-corrected chi connectivity index (χ0v) is 6.72. The maximum atomic E-state index is 3.72. The third kappa shape index (κ3) is 5.36. The molecule has 0 radical (unpaired) electrons. The summed E-state index contributed by atoms with van der Waals surface area (Å²) in [6.07, 6.45) is 10.2. The summed E-state index contributed by atoms with van der Waals surface area (Å²) in [6, 6.07) is 0. The lowest BCUT2D eigenvalue weighted by Gasteiger charge is -1.99. The quantitative estimate of drug-likeness (QED) is 0.401. The van der Waals surface area contributed by atoms with Gasteiger partial charge in [0.05, 0.1) is 0 Å². The summed E-state index contributed by atoms with van der Waals surface area (Å²) in [7, 11) is 0. The topological polar surface area (TPSA) is 0 Å². The number of allylic oxidation sites excluding steroid dienone is 4. The molecule has 0 aromatic rings. The van der Waals surface area contributed by atoms with Crippen molar-refractivity contribution in [2.24, 2.45) is 5.92 Å². The highest BCUT2D eigenvalue weighted by atomic mass is 14.0. The Bertz CT molecular complexity index is 120. The van der Waals surface area contributed by atoms with Crippen molar-refractivity contribution in [3.8, 4) is 0 Å². The van der Waals surface area contributed by atoms with Crippen LogP contribution >= 0.6 is 0 Å². The Hall–Kier alpha value is -0.780. The molecule has 0 bridgehead atoms. The molecule has 0 spiro atoms. The summed E-state index contributed by atoms with van der Waals surface area (Å²) in [6.45, 7) is 9.48. The largest absolute Gasteiger partial charge is 0.103 e. The van der Waals surface area contributed by atoms with Crippen molar-refractivity contribution in [2.75, 3.05) is 0 Å². The van der Waals surface area contributed by atoms with Crippen LogP contribution in [0, 0.1) is 5.92 Å². The molecule has 56 valence electrons. The van der Waals surface area contributed by atoms with E-state index in [-0.39, 0.29) is 0 Å². The van der Waals surface area contributed by atoms with Crippen LogP contribution in [0.4, 0.5) is 0 Å². The van der Waals surface area contributed by atoms with Gasteiger partial charge in [-0.15, -0.1) is 6.58 Å². The molecule has 0 aliphatic heterocycles. The second-order valence-corrected chi connectivity index (χ2v) is 2.45. The zero-order chi connectivity index (χ0) is 7.82. The summed E-state index contributed by atoms with van der Waals surface area (Å²) < 4.78 is 0. The van der Waals surface area contributed by atoms with Crippen LogP contribution in [0.15, 0.2) is 37.5 Å². The SMILES string of the molecule is C=CC=CCCC(C)C=C. The van der Waals surface area contributed by atoms with Gasteiger partial charge in [-0.1, -0.05) is 37.8 Å². The molecular weight excluding hydrogens is 120 g/mol. The lowest BCUT2D eigenvalue weighted by Crippen LogP contribution is -1.85. The Morgan fingerprint density at radius 2 is 2.10 bits per heavy atom. The van der Waals surface area contributed by atoms with Gasteiger partial charge in [0.25, 0.3) is 0 Å². The molecule has 0 fully saturated rings. The average Bonchev–Trinajstić information content (AvgIpc) is 1.98. The molecule has 0 heteroatoms. The van der Waals surface area contributed by atoms with Crippen LogP contribution in [0.2, 0.25) is 0 Å². The molecule has 0 aromatic heterocycles. The summed E-state index contributed by atoms with van der Waals surface area (Å²) in [5.74, 6) is 0.634. The summed E-state index contributed by atoms with van der Waals surface area (Å²) in [4.78, 5) is 0. The second kappa shape index (κ2) is 6.34. The summed E-state index contributed by atoms with van der Waals surface area (Å²) >= 11 is 0. The summed E-state index contributed by atoms with van der Waals surface area (Å²) in [5.41, 5.74) is 0. The van der Waals surface area contributed by atoms with E-state index in [1.54, 1.807) is 6.08 Å². The molecule has 0 aromatic carbocycles. The standard InChI is InChI=1S/C10H16/c1-4-6-7-8-9-10(3)5-2/h4-7,10H,1-2,8-9H2,3H3. The van der Waals surface area contributed by atoms with E-state index in [0.29, 0.717) is 5.92 Å². The fourth-order valence-corrected chi connectivity index (χ4v) is 0.669. The molecule has 10 heavy (non-hydrogen) atoms. The number of rotatable bonds is 5. The highest BCUT2D eigenvalue weighted by molar-refractivity contribution is 4.97. The van der Waals surface area contributed by atoms with Gasteiger partial charge in [-0.2, -0.15) is 0 Å². The van der Waals surface area contributed by atoms with Crippen molar-refractivity contribution in [3.05, 3.63) is 37.5 Å². The van der Waals surface area contributed by atoms with E-state index in [0.717, 1.165) is 6.42 Å². The van der Waals surface area contributed by atoms with Gasteiger partial charge in [0.15, 0.2) is 0 Å². The van der Waals surface area contributed by atoms with Gasteiger partial charge in [0, 0.05) is 0 Å². The van der Waals surface area contributed by atoms with Crippen LogP contribution in [0.5, 0.6) is 0 Å². The van der Waals surface area contributed by atoms with Gasteiger partial charge in [0.2, 0.25) is 0 Å². The Morgan fingerprint density at radius 3 is 2.60 bits per heavy atom. The highest BCUT2D eigenvalue weighted by Gasteiger charge is 1.90. The molecule has 0 N–H and O–H groups in total. The summed E-state index contributed by atoms with van der Waals surface area (Å²) in [5, 5.41) is 0. The average molecular weight is 136 g/mol. The minimum absolute atomic E-state index is 0.634. The maximum Gasteiger partial charge on any atom is -0.0262 e. The van der Waals surface area contributed by atoms with E-state index in [2.05, 4.69) is 26.2 Å². The lowest BCUT2D eigenvalue weighted by atomic mass is 10.1. The molecule has 0 rings (SSSR count). The Labute approximate surface area is 64.0 Å². The first kappa shape index (κ1) is 9.22. The van der Waals surface area contributed by atoms with Gasteiger partial charge >= 0.3 is 0 Å². The number of hydrogen-bond donors (Lipinski definition) is 0. The minimum atomic E-state index is 0.634. The molecule has 1 unspecified atom stereocenters. The van der Waals surface area contributed by atoms with Gasteiger partial charge < -0.3 is 0 Å². The van der Waals surface area contributed by atoms with Gasteiger partial charge in [-0.05, 0) is 18.8 Å². The first-order valence-electron chi connectivity index (χ1n) is 3.71. The Kier molecular flexibility index (Phi) is 5.85. The highest BCUT2D eigenvalue weighted by Crippen LogP contribution is 2.05. The van der Waals surface area contributed by atoms with Crippen LogP contribution < -0.4 is 0 Å². The van der Waals surface area contributed by atoms with Crippen LogP contribution in [0.25, 0.3) is 0 Å². The molecule has 0 aliphatic carbocycles. The molecule has 0 nitrogen and oxygen atoms in total. The smallest absolute Gasteiger partial charge is 0.0262 e. The van der Waals surface area contributed by atoms with Crippen LogP contribution in [-0.4, -0.2) is 0 Å². The minimum Gasteiger partial charge on any atom is -0.103 e. The number of hydrogen-bond acceptors (Lipinski definition) is 0. The van der Waals surface area contributed by atoms with E-state index < -0.39 is 0 Å². The third-order valence-corrected chi connectivity index (χ3v) is 1.46. The third-order valence-electron chi connectivity index (χ3n) is 1.46. The van der Waals surface area contributed by atoms with Crippen molar-refractivity contribution < 1.29 is 0 Å². The first-order valence-corrected chi connectivity index (χ1v) is 3.71. The van der Waals surface area contributed by atoms with Crippen molar-refractivity contribution in [1.82, 2.24) is 0 Å². The molecule has 0 aliphatic rings. The van der Waals surface area contributed by atoms with E-state index in [1.807, 2.05) is 12.2 Å². The van der Waals surface area contributed by atoms with E-state index >= 15 is 0 Å². The zero-order valence-electron chi connectivity index (χ0n) is 6.72. The van der Waals surface area contributed by atoms with Crippen LogP contribution in [0.3, 0.4) is 0 Å². The molecule has 0 amide bonds. The van der Waals surface area contributed by atoms with Crippen molar-refractivity contribution >= 4 is 0 Å². The van der Waals surface area contributed by atoms with Crippen molar-refractivity contribution in [2.45, 2.75) is 19.8 Å². The van der Waals surface area contributed by atoms with E-state index in [9.17, 15) is 0 Å². The second-order valence-electron chi connectivity index (χ2n) is 2.45. The van der Waals surface area contributed by atoms with Gasteiger partial charge in [-0.3, -0.25) is 0 Å². The van der Waals surface area contributed by atoms with Gasteiger partial charge in [-0.25, -0.2) is 0 Å². The maximum absolute atomic E-state index is 3.72. The lowest BCUT2D eigenvalue weighted by molar-refractivity contribution is 0.659. The predicted molar refractivity (Wildman–Crippen MR) is 47.9 cm³/mol. The fourth-order valence-electron chi connectivity index (χ4n) is 0.669. The molecule has 0 saturated carbocycles. The van der Waals surface area contributed by atoms with Crippen LogP contribution in [-0.2, 0) is 0 Å². The van der Waals surface area contributed by atoms with E-state index in [1.165, 1.54) is 6.42 Å². The monoisotopic (exact) mass is 136 g/mol. The Balaban J connectivity index is 3.26. The van der Waals surface area contributed by atoms with Crippen molar-refractivity contribution in [3.63, 3.8) is 0 Å². The normalized spacial score (nSPS) is 13.3. The fraction of sp³-hybridized carbons (Fsp3) is 0.400. The molecule has 0 saturated heterocycles. The van der Waals surface area contributed by atoms with Crippen LogP contribution in [0.1, 0.15) is 19.8 Å². The molecular formula is C10H16.